The maximum atomic E-state index is 13.4. The zero-order valence-corrected chi connectivity index (χ0v) is 10.2. The van der Waals surface area contributed by atoms with Gasteiger partial charge in [0, 0.05) is 12.1 Å². The standard InChI is InChI=1S/C13H9FN4O2/c14-8-4-10-11(5-9(8)15)17-18(16-10)7-1-2-12-13(3-7)20-6-19-12/h1-5H,6,15H2. The van der Waals surface area contributed by atoms with Crippen LogP contribution in [0, 0.1) is 5.82 Å². The first kappa shape index (κ1) is 11.0. The van der Waals surface area contributed by atoms with Crippen molar-refractivity contribution in [1.29, 1.82) is 0 Å². The maximum Gasteiger partial charge on any atom is 0.231 e. The summed E-state index contributed by atoms with van der Waals surface area (Å²) in [6.45, 7) is 0.203. The molecule has 1 aliphatic rings. The zero-order chi connectivity index (χ0) is 13.7. The molecule has 1 aromatic heterocycles. The second kappa shape index (κ2) is 3.83. The van der Waals surface area contributed by atoms with E-state index in [2.05, 4.69) is 10.2 Å². The molecule has 0 unspecified atom stereocenters. The topological polar surface area (TPSA) is 75.2 Å². The number of hydrogen-bond acceptors (Lipinski definition) is 5. The number of benzene rings is 2. The summed E-state index contributed by atoms with van der Waals surface area (Å²) < 4.78 is 23.9. The normalized spacial score (nSPS) is 13.1. The highest BCUT2D eigenvalue weighted by Crippen LogP contribution is 2.33. The molecule has 0 atom stereocenters. The molecule has 2 aromatic carbocycles. The van der Waals surface area contributed by atoms with E-state index in [4.69, 9.17) is 15.2 Å². The van der Waals surface area contributed by atoms with E-state index in [0.717, 1.165) is 0 Å². The van der Waals surface area contributed by atoms with Crippen LogP contribution in [0.5, 0.6) is 11.5 Å². The lowest BCUT2D eigenvalue weighted by molar-refractivity contribution is 0.174. The van der Waals surface area contributed by atoms with Crippen LogP contribution in [0.4, 0.5) is 10.1 Å². The van der Waals surface area contributed by atoms with Crippen LogP contribution >= 0.6 is 0 Å². The van der Waals surface area contributed by atoms with Crippen molar-refractivity contribution in [1.82, 2.24) is 15.0 Å². The second-order valence-electron chi connectivity index (χ2n) is 4.39. The first-order chi connectivity index (χ1) is 9.70. The van der Waals surface area contributed by atoms with Crippen molar-refractivity contribution in [3.63, 3.8) is 0 Å². The minimum atomic E-state index is -0.504. The molecular weight excluding hydrogens is 263 g/mol. The molecular formula is C13H9FN4O2. The van der Waals surface area contributed by atoms with Crippen molar-refractivity contribution in [3.8, 4) is 17.2 Å². The lowest BCUT2D eigenvalue weighted by atomic mass is 10.3. The Kier molecular flexibility index (Phi) is 2.11. The summed E-state index contributed by atoms with van der Waals surface area (Å²) in [6, 6.07) is 8.07. The second-order valence-corrected chi connectivity index (χ2v) is 4.39. The van der Waals surface area contributed by atoms with Crippen molar-refractivity contribution in [3.05, 3.63) is 36.1 Å². The number of ether oxygens (including phenoxy) is 2. The van der Waals surface area contributed by atoms with Crippen molar-refractivity contribution < 1.29 is 13.9 Å². The summed E-state index contributed by atoms with van der Waals surface area (Å²) in [5.74, 6) is 0.811. The molecule has 0 saturated carbocycles. The van der Waals surface area contributed by atoms with Gasteiger partial charge in [0.25, 0.3) is 0 Å². The summed E-state index contributed by atoms with van der Waals surface area (Å²) in [5, 5.41) is 8.50. The highest BCUT2D eigenvalue weighted by molar-refractivity contribution is 5.78. The molecule has 0 bridgehead atoms. The van der Waals surface area contributed by atoms with E-state index >= 15 is 0 Å². The van der Waals surface area contributed by atoms with E-state index in [9.17, 15) is 4.39 Å². The molecule has 4 rings (SSSR count). The van der Waals surface area contributed by atoms with Gasteiger partial charge in [0.2, 0.25) is 6.79 Å². The molecule has 100 valence electrons. The summed E-state index contributed by atoms with van der Waals surface area (Å²) in [7, 11) is 0. The Labute approximate surface area is 112 Å². The van der Waals surface area contributed by atoms with Crippen LogP contribution in [0.25, 0.3) is 16.7 Å². The average Bonchev–Trinajstić information content (AvgIpc) is 3.04. The molecule has 3 aromatic rings. The van der Waals surface area contributed by atoms with Crippen LogP contribution in [0.2, 0.25) is 0 Å². The Morgan fingerprint density at radius 1 is 1.05 bits per heavy atom. The molecule has 0 spiro atoms. The quantitative estimate of drug-likeness (QED) is 0.684. The van der Waals surface area contributed by atoms with Crippen molar-refractivity contribution in [2.45, 2.75) is 0 Å². The Morgan fingerprint density at radius 2 is 1.80 bits per heavy atom. The lowest BCUT2D eigenvalue weighted by Crippen LogP contribution is -1.98. The van der Waals surface area contributed by atoms with Crippen LogP contribution in [0.1, 0.15) is 0 Å². The van der Waals surface area contributed by atoms with Gasteiger partial charge in [0.05, 0.1) is 11.4 Å². The number of aromatic nitrogens is 3. The Morgan fingerprint density at radius 3 is 2.65 bits per heavy atom. The molecule has 0 fully saturated rings. The van der Waals surface area contributed by atoms with Gasteiger partial charge in [-0.1, -0.05) is 0 Å². The van der Waals surface area contributed by atoms with Gasteiger partial charge in [-0.3, -0.25) is 0 Å². The number of nitrogen functional groups attached to an aromatic ring is 1. The first-order valence-corrected chi connectivity index (χ1v) is 5.93. The van der Waals surface area contributed by atoms with Crippen molar-refractivity contribution in [2.24, 2.45) is 0 Å². The number of hydrogen-bond donors (Lipinski definition) is 1. The first-order valence-electron chi connectivity index (χ1n) is 5.93. The van der Waals surface area contributed by atoms with E-state index in [1.54, 1.807) is 18.2 Å². The number of fused-ring (bicyclic) bond motifs is 2. The third-order valence-electron chi connectivity index (χ3n) is 3.09. The summed E-state index contributed by atoms with van der Waals surface area (Å²) in [4.78, 5) is 1.41. The number of halogens is 1. The minimum absolute atomic E-state index is 0.0511. The fraction of sp³-hybridized carbons (Fsp3) is 0.0769. The van der Waals surface area contributed by atoms with Gasteiger partial charge in [0.1, 0.15) is 16.9 Å². The van der Waals surface area contributed by atoms with Gasteiger partial charge in [-0.2, -0.15) is 4.80 Å². The highest BCUT2D eigenvalue weighted by atomic mass is 19.1. The van der Waals surface area contributed by atoms with Crippen molar-refractivity contribution >= 4 is 16.7 Å². The molecule has 0 radical (unpaired) electrons. The highest BCUT2D eigenvalue weighted by Gasteiger charge is 2.15. The summed E-state index contributed by atoms with van der Waals surface area (Å²) >= 11 is 0. The SMILES string of the molecule is Nc1cc2nn(-c3ccc4c(c3)OCO4)nc2cc1F. The predicted molar refractivity (Wildman–Crippen MR) is 69.4 cm³/mol. The molecule has 1 aliphatic heterocycles. The smallest absolute Gasteiger partial charge is 0.231 e. The Hall–Kier alpha value is -2.83. The summed E-state index contributed by atoms with van der Waals surface area (Å²) in [5.41, 5.74) is 7.24. The van der Waals surface area contributed by atoms with Gasteiger partial charge < -0.3 is 15.2 Å². The number of nitrogens with two attached hydrogens (primary N) is 1. The van der Waals surface area contributed by atoms with Gasteiger partial charge in [0.15, 0.2) is 11.5 Å². The van der Waals surface area contributed by atoms with Crippen LogP contribution in [-0.4, -0.2) is 21.8 Å². The van der Waals surface area contributed by atoms with Crippen molar-refractivity contribution in [2.75, 3.05) is 12.5 Å². The van der Waals surface area contributed by atoms with E-state index in [-0.39, 0.29) is 12.5 Å². The fourth-order valence-corrected chi connectivity index (χ4v) is 2.08. The third kappa shape index (κ3) is 1.56. The molecule has 2 N–H and O–H groups in total. The number of nitrogens with zero attached hydrogens (tertiary/aromatic N) is 3. The third-order valence-corrected chi connectivity index (χ3v) is 3.09. The van der Waals surface area contributed by atoms with Gasteiger partial charge in [-0.05, 0) is 18.2 Å². The van der Waals surface area contributed by atoms with Crippen LogP contribution in [-0.2, 0) is 0 Å². The van der Waals surface area contributed by atoms with Gasteiger partial charge in [-0.25, -0.2) is 4.39 Å². The predicted octanol–water partition coefficient (Wildman–Crippen LogP) is 1.87. The molecule has 20 heavy (non-hydrogen) atoms. The fourth-order valence-electron chi connectivity index (χ4n) is 2.08. The monoisotopic (exact) mass is 272 g/mol. The maximum absolute atomic E-state index is 13.4. The molecule has 2 heterocycles. The Bertz CT molecular complexity index is 792. The molecule has 0 aliphatic carbocycles. The number of anilines is 1. The van der Waals surface area contributed by atoms with E-state index < -0.39 is 5.82 Å². The largest absolute Gasteiger partial charge is 0.454 e. The van der Waals surface area contributed by atoms with Crippen LogP contribution in [0.15, 0.2) is 30.3 Å². The average molecular weight is 272 g/mol. The molecule has 6 nitrogen and oxygen atoms in total. The molecule has 0 saturated heterocycles. The van der Waals surface area contributed by atoms with E-state index in [1.807, 2.05) is 0 Å². The van der Waals surface area contributed by atoms with Gasteiger partial charge >= 0.3 is 0 Å². The zero-order valence-electron chi connectivity index (χ0n) is 10.2. The Balaban J connectivity index is 1.86. The molecule has 0 amide bonds. The summed E-state index contributed by atoms with van der Waals surface area (Å²) in [6.07, 6.45) is 0. The van der Waals surface area contributed by atoms with Crippen LogP contribution < -0.4 is 15.2 Å². The number of rotatable bonds is 1. The minimum Gasteiger partial charge on any atom is -0.454 e. The van der Waals surface area contributed by atoms with Gasteiger partial charge in [-0.15, -0.1) is 10.2 Å². The van der Waals surface area contributed by atoms with Crippen LogP contribution in [0.3, 0.4) is 0 Å². The molecule has 7 heteroatoms. The lowest BCUT2D eigenvalue weighted by Gasteiger charge is -2.00. The van der Waals surface area contributed by atoms with E-state index in [0.29, 0.717) is 28.2 Å². The van der Waals surface area contributed by atoms with E-state index in [1.165, 1.54) is 16.9 Å².